The van der Waals surface area contributed by atoms with Gasteiger partial charge in [-0.3, -0.25) is 13.9 Å². The molecule has 150 valence electrons. The number of hydrogen-bond donors (Lipinski definition) is 1. The zero-order chi connectivity index (χ0) is 20.7. The number of carbonyl (C=O) groups excluding carboxylic acids is 2. The number of thiazole rings is 1. The van der Waals surface area contributed by atoms with Gasteiger partial charge in [0.05, 0.1) is 22.5 Å². The van der Waals surface area contributed by atoms with Gasteiger partial charge >= 0.3 is 0 Å². The van der Waals surface area contributed by atoms with E-state index in [4.69, 9.17) is 0 Å². The van der Waals surface area contributed by atoms with Gasteiger partial charge in [-0.1, -0.05) is 43.4 Å². The predicted molar refractivity (Wildman–Crippen MR) is 111 cm³/mol. The van der Waals surface area contributed by atoms with Gasteiger partial charge < -0.3 is 5.32 Å². The molecule has 1 heterocycles. The Morgan fingerprint density at radius 1 is 1.29 bits per heavy atom. The van der Waals surface area contributed by atoms with Crippen molar-refractivity contribution in [2.75, 3.05) is 22.4 Å². The molecule has 2 aromatic rings. The maximum absolute atomic E-state index is 12.5. The fourth-order valence-electron chi connectivity index (χ4n) is 3.29. The maximum Gasteiger partial charge on any atom is 0.246 e. The number of ketones is 1. The SMILES string of the molecule is Cc1ccccc1N(CC(=O)Nc1nc2c(s1)C(=O)CC(C)(C)C2)S(C)(=O)=O. The minimum Gasteiger partial charge on any atom is -0.300 e. The van der Waals surface area contributed by atoms with E-state index in [2.05, 4.69) is 10.3 Å². The fourth-order valence-corrected chi connectivity index (χ4v) is 5.14. The summed E-state index contributed by atoms with van der Waals surface area (Å²) in [4.78, 5) is 29.8. The molecule has 9 heteroatoms. The summed E-state index contributed by atoms with van der Waals surface area (Å²) in [6.45, 7) is 5.44. The summed E-state index contributed by atoms with van der Waals surface area (Å²) in [5, 5.41) is 2.97. The van der Waals surface area contributed by atoms with Gasteiger partial charge in [0, 0.05) is 6.42 Å². The summed E-state index contributed by atoms with van der Waals surface area (Å²) < 4.78 is 25.5. The van der Waals surface area contributed by atoms with Crippen LogP contribution < -0.4 is 9.62 Å². The molecule has 0 fully saturated rings. The highest BCUT2D eigenvalue weighted by Gasteiger charge is 2.34. The molecular weight excluding hydrogens is 398 g/mol. The number of Topliss-reactive ketones (excluding diaryl/α,β-unsaturated/α-hetero) is 1. The van der Waals surface area contributed by atoms with Crippen LogP contribution in [0.15, 0.2) is 24.3 Å². The van der Waals surface area contributed by atoms with E-state index in [9.17, 15) is 18.0 Å². The summed E-state index contributed by atoms with van der Waals surface area (Å²) in [6, 6.07) is 6.97. The van der Waals surface area contributed by atoms with Crippen LogP contribution in [0.1, 0.15) is 41.2 Å². The number of nitrogens with zero attached hydrogens (tertiary/aromatic N) is 2. The van der Waals surface area contributed by atoms with Crippen molar-refractivity contribution in [3.05, 3.63) is 40.4 Å². The Balaban J connectivity index is 1.80. The van der Waals surface area contributed by atoms with Crippen molar-refractivity contribution in [3.8, 4) is 0 Å². The molecule has 0 atom stereocenters. The molecule has 0 aliphatic heterocycles. The topological polar surface area (TPSA) is 96.4 Å². The van der Waals surface area contributed by atoms with Gasteiger partial charge in [-0.25, -0.2) is 13.4 Å². The monoisotopic (exact) mass is 421 g/mol. The largest absolute Gasteiger partial charge is 0.300 e. The standard InChI is InChI=1S/C19H23N3O4S2/c1-12-7-5-6-8-14(12)22(28(4,25)26)11-16(24)21-18-20-13-9-19(2,3)10-15(23)17(13)27-18/h5-8H,9-11H2,1-4H3,(H,20,21,24). The minimum absolute atomic E-state index is 0.0296. The van der Waals surface area contributed by atoms with Gasteiger partial charge in [0.25, 0.3) is 0 Å². The van der Waals surface area contributed by atoms with E-state index in [0.29, 0.717) is 34.2 Å². The number of sulfonamides is 1. The third kappa shape index (κ3) is 4.41. The highest BCUT2D eigenvalue weighted by Crippen LogP contribution is 2.38. The molecule has 1 aromatic heterocycles. The molecule has 1 aromatic carbocycles. The maximum atomic E-state index is 12.5. The average molecular weight is 422 g/mol. The van der Waals surface area contributed by atoms with Crippen molar-refractivity contribution in [2.45, 2.75) is 33.6 Å². The number of rotatable bonds is 5. The zero-order valence-electron chi connectivity index (χ0n) is 16.3. The van der Waals surface area contributed by atoms with Crippen LogP contribution in [0.3, 0.4) is 0 Å². The van der Waals surface area contributed by atoms with Crippen LogP contribution in [0, 0.1) is 12.3 Å². The first kappa shape index (κ1) is 20.5. The van der Waals surface area contributed by atoms with Gasteiger partial charge in [-0.05, 0) is 30.4 Å². The Morgan fingerprint density at radius 2 is 1.96 bits per heavy atom. The van der Waals surface area contributed by atoms with Crippen LogP contribution in [0.4, 0.5) is 10.8 Å². The van der Waals surface area contributed by atoms with E-state index < -0.39 is 15.9 Å². The zero-order valence-corrected chi connectivity index (χ0v) is 17.9. The van der Waals surface area contributed by atoms with Gasteiger partial charge in [0.15, 0.2) is 10.9 Å². The van der Waals surface area contributed by atoms with Crippen LogP contribution in [0.5, 0.6) is 0 Å². The van der Waals surface area contributed by atoms with Crippen molar-refractivity contribution < 1.29 is 18.0 Å². The van der Waals surface area contributed by atoms with E-state index in [-0.39, 0.29) is 17.7 Å². The molecule has 1 N–H and O–H groups in total. The number of benzene rings is 1. The fraction of sp³-hybridized carbons (Fsp3) is 0.421. The third-order valence-electron chi connectivity index (χ3n) is 4.55. The highest BCUT2D eigenvalue weighted by molar-refractivity contribution is 7.92. The Hall–Kier alpha value is -2.26. The number of carbonyl (C=O) groups is 2. The van der Waals surface area contributed by atoms with Gasteiger partial charge in [-0.2, -0.15) is 0 Å². The molecular formula is C19H23N3O4S2. The van der Waals surface area contributed by atoms with Crippen LogP contribution in [-0.2, 0) is 21.2 Å². The molecule has 0 bridgehead atoms. The molecule has 7 nitrogen and oxygen atoms in total. The number of aryl methyl sites for hydroxylation is 1. The number of amides is 1. The van der Waals surface area contributed by atoms with Crippen molar-refractivity contribution >= 4 is 43.9 Å². The molecule has 1 aliphatic carbocycles. The first-order valence-electron chi connectivity index (χ1n) is 8.82. The van der Waals surface area contributed by atoms with Crippen molar-refractivity contribution in [1.29, 1.82) is 0 Å². The second kappa shape index (κ2) is 7.29. The van der Waals surface area contributed by atoms with E-state index in [1.54, 1.807) is 31.2 Å². The van der Waals surface area contributed by atoms with Gasteiger partial charge in [-0.15, -0.1) is 0 Å². The summed E-state index contributed by atoms with van der Waals surface area (Å²) in [5.41, 5.74) is 1.74. The Labute approximate surface area is 168 Å². The number of para-hydroxylation sites is 1. The van der Waals surface area contributed by atoms with E-state index in [1.165, 1.54) is 0 Å². The molecule has 0 saturated carbocycles. The smallest absolute Gasteiger partial charge is 0.246 e. The lowest BCUT2D eigenvalue weighted by Crippen LogP contribution is -2.37. The van der Waals surface area contributed by atoms with Crippen LogP contribution in [-0.4, -0.2) is 37.9 Å². The normalized spacial score (nSPS) is 15.8. The second-order valence-electron chi connectivity index (χ2n) is 7.84. The molecule has 0 spiro atoms. The Morgan fingerprint density at radius 3 is 2.61 bits per heavy atom. The number of aromatic nitrogens is 1. The lowest BCUT2D eigenvalue weighted by Gasteiger charge is -2.26. The lowest BCUT2D eigenvalue weighted by atomic mass is 9.78. The van der Waals surface area contributed by atoms with E-state index in [1.807, 2.05) is 13.8 Å². The summed E-state index contributed by atoms with van der Waals surface area (Å²) in [6.07, 6.45) is 2.18. The Bertz CT molecular complexity index is 1040. The quantitative estimate of drug-likeness (QED) is 0.800. The molecule has 1 aliphatic rings. The van der Waals surface area contributed by atoms with Crippen molar-refractivity contribution in [2.24, 2.45) is 5.41 Å². The molecule has 0 unspecified atom stereocenters. The summed E-state index contributed by atoms with van der Waals surface area (Å²) in [5.74, 6) is -0.478. The van der Waals surface area contributed by atoms with Crippen LogP contribution in [0.25, 0.3) is 0 Å². The molecule has 1 amide bonds. The molecule has 0 radical (unpaired) electrons. The van der Waals surface area contributed by atoms with E-state index in [0.717, 1.165) is 27.5 Å². The summed E-state index contributed by atoms with van der Waals surface area (Å²) >= 11 is 1.15. The van der Waals surface area contributed by atoms with Crippen molar-refractivity contribution in [1.82, 2.24) is 4.98 Å². The second-order valence-corrected chi connectivity index (χ2v) is 10.7. The Kier molecular flexibility index (Phi) is 5.33. The lowest BCUT2D eigenvalue weighted by molar-refractivity contribution is -0.114. The minimum atomic E-state index is -3.65. The van der Waals surface area contributed by atoms with Crippen LogP contribution in [0.2, 0.25) is 0 Å². The molecule has 28 heavy (non-hydrogen) atoms. The van der Waals surface area contributed by atoms with Crippen molar-refractivity contribution in [3.63, 3.8) is 0 Å². The summed E-state index contributed by atoms with van der Waals surface area (Å²) in [7, 11) is -3.65. The number of nitrogens with one attached hydrogen (secondary N) is 1. The third-order valence-corrected chi connectivity index (χ3v) is 6.73. The molecule has 0 saturated heterocycles. The number of hydrogen-bond acceptors (Lipinski definition) is 6. The first-order valence-corrected chi connectivity index (χ1v) is 11.5. The first-order chi connectivity index (χ1) is 13.0. The van der Waals surface area contributed by atoms with Gasteiger partial charge in [0.1, 0.15) is 6.54 Å². The number of anilines is 2. The predicted octanol–water partition coefficient (Wildman–Crippen LogP) is 3.01. The average Bonchev–Trinajstić information content (AvgIpc) is 2.93. The number of fused-ring (bicyclic) bond motifs is 1. The highest BCUT2D eigenvalue weighted by atomic mass is 32.2. The van der Waals surface area contributed by atoms with Crippen LogP contribution >= 0.6 is 11.3 Å². The van der Waals surface area contributed by atoms with Gasteiger partial charge in [0.2, 0.25) is 15.9 Å². The molecule has 3 rings (SSSR count). The van der Waals surface area contributed by atoms with E-state index >= 15 is 0 Å².